The number of nitrogens with zero attached hydrogens (tertiary/aromatic N) is 1. The van der Waals surface area contributed by atoms with Crippen molar-refractivity contribution in [1.29, 1.82) is 0 Å². The Labute approximate surface area is 117 Å². The molecule has 0 amide bonds. The number of hydrogen-bond acceptors (Lipinski definition) is 2. The smallest absolute Gasteiger partial charge is 0.125 e. The molecule has 2 aliphatic rings. The summed E-state index contributed by atoms with van der Waals surface area (Å²) in [7, 11) is 0. The molecule has 2 aliphatic heterocycles. The maximum atomic E-state index is 5.95. The van der Waals surface area contributed by atoms with Crippen molar-refractivity contribution in [3.63, 3.8) is 0 Å². The van der Waals surface area contributed by atoms with Crippen molar-refractivity contribution < 1.29 is 4.74 Å². The Kier molecular flexibility index (Phi) is 3.37. The minimum Gasteiger partial charge on any atom is -0.493 e. The largest absolute Gasteiger partial charge is 0.493 e. The maximum absolute atomic E-state index is 5.95. The second-order valence-corrected chi connectivity index (χ2v) is 6.59. The molecule has 0 aliphatic carbocycles. The van der Waals surface area contributed by atoms with Gasteiger partial charge in [0, 0.05) is 28.0 Å². The van der Waals surface area contributed by atoms with Crippen LogP contribution in [0.5, 0.6) is 5.75 Å². The summed E-state index contributed by atoms with van der Waals surface area (Å²) >= 11 is 3.53. The minimum atomic E-state index is 0.551. The Hall–Kier alpha value is -0.540. The molecule has 1 aromatic rings. The summed E-state index contributed by atoms with van der Waals surface area (Å²) in [6, 6.07) is 7.64. The molecule has 98 valence electrons. The number of halogens is 1. The highest BCUT2D eigenvalue weighted by Crippen LogP contribution is 2.45. The summed E-state index contributed by atoms with van der Waals surface area (Å²) in [4.78, 5) is 2.64. The van der Waals surface area contributed by atoms with E-state index < -0.39 is 0 Å². The van der Waals surface area contributed by atoms with E-state index in [2.05, 4.69) is 52.9 Å². The van der Waals surface area contributed by atoms with E-state index in [-0.39, 0.29) is 0 Å². The number of benzene rings is 1. The molecule has 0 aromatic heterocycles. The molecule has 2 heterocycles. The number of ether oxygens (including phenoxy) is 1. The molecular formula is C15H20BrNO. The first-order valence-corrected chi connectivity index (χ1v) is 7.64. The second-order valence-electron chi connectivity index (χ2n) is 5.67. The molecule has 3 heteroatoms. The highest BCUT2D eigenvalue weighted by molar-refractivity contribution is 9.10. The lowest BCUT2D eigenvalue weighted by atomic mass is 9.82. The molecule has 2 atom stereocenters. The predicted molar refractivity (Wildman–Crippen MR) is 76.9 cm³/mol. The number of likely N-dealkylation sites (tertiary alicyclic amines) is 1. The van der Waals surface area contributed by atoms with Crippen molar-refractivity contribution in [1.82, 2.24) is 4.90 Å². The molecule has 1 fully saturated rings. The average Bonchev–Trinajstić information content (AvgIpc) is 2.37. The highest BCUT2D eigenvalue weighted by Gasteiger charge is 2.38. The van der Waals surface area contributed by atoms with E-state index in [0.717, 1.165) is 16.8 Å². The molecule has 0 spiro atoms. The van der Waals surface area contributed by atoms with Crippen LogP contribution < -0.4 is 4.74 Å². The van der Waals surface area contributed by atoms with Crippen LogP contribution in [0, 0.1) is 5.92 Å². The van der Waals surface area contributed by atoms with Crippen LogP contribution in [0.25, 0.3) is 0 Å². The van der Waals surface area contributed by atoms with Crippen molar-refractivity contribution in [2.75, 3.05) is 13.2 Å². The van der Waals surface area contributed by atoms with Crippen LogP contribution >= 0.6 is 15.9 Å². The zero-order valence-electron chi connectivity index (χ0n) is 11.0. The second kappa shape index (κ2) is 4.86. The van der Waals surface area contributed by atoms with Crippen molar-refractivity contribution in [3.8, 4) is 5.75 Å². The van der Waals surface area contributed by atoms with Gasteiger partial charge in [0.25, 0.3) is 0 Å². The molecule has 0 radical (unpaired) electrons. The molecule has 18 heavy (non-hydrogen) atoms. The quantitative estimate of drug-likeness (QED) is 0.777. The van der Waals surface area contributed by atoms with E-state index in [9.17, 15) is 0 Å². The number of piperidine rings is 1. The standard InChI is InChI=1S/C15H20BrNO/c1-10(2)17-7-3-4-11-9-18-14-8-12(16)5-6-13(14)15(11)17/h5-6,8,10-11,15H,3-4,7,9H2,1-2H3. The molecular weight excluding hydrogens is 290 g/mol. The molecule has 0 bridgehead atoms. The fourth-order valence-corrected chi connectivity index (χ4v) is 3.70. The third-order valence-electron chi connectivity index (χ3n) is 4.21. The van der Waals surface area contributed by atoms with Crippen LogP contribution in [-0.2, 0) is 0 Å². The Bertz CT molecular complexity index is 446. The van der Waals surface area contributed by atoms with E-state index in [1.807, 2.05) is 0 Å². The van der Waals surface area contributed by atoms with Crippen LogP contribution in [0.1, 0.15) is 38.3 Å². The van der Waals surface area contributed by atoms with E-state index >= 15 is 0 Å². The average molecular weight is 310 g/mol. The fourth-order valence-electron chi connectivity index (χ4n) is 3.36. The minimum absolute atomic E-state index is 0.551. The topological polar surface area (TPSA) is 12.5 Å². The van der Waals surface area contributed by atoms with Crippen molar-refractivity contribution in [2.24, 2.45) is 5.92 Å². The first-order valence-electron chi connectivity index (χ1n) is 6.85. The van der Waals surface area contributed by atoms with Gasteiger partial charge in [0.1, 0.15) is 5.75 Å². The third-order valence-corrected chi connectivity index (χ3v) is 4.70. The normalized spacial score (nSPS) is 27.6. The van der Waals surface area contributed by atoms with Gasteiger partial charge in [0.15, 0.2) is 0 Å². The van der Waals surface area contributed by atoms with Crippen molar-refractivity contribution in [3.05, 3.63) is 28.2 Å². The van der Waals surface area contributed by atoms with Crippen LogP contribution in [0.3, 0.4) is 0 Å². The Morgan fingerprint density at radius 1 is 1.39 bits per heavy atom. The monoisotopic (exact) mass is 309 g/mol. The number of hydrogen-bond donors (Lipinski definition) is 0. The summed E-state index contributed by atoms with van der Waals surface area (Å²) in [5, 5.41) is 0. The summed E-state index contributed by atoms with van der Waals surface area (Å²) in [6.07, 6.45) is 2.60. The van der Waals surface area contributed by atoms with Crippen LogP contribution in [0.4, 0.5) is 0 Å². The maximum Gasteiger partial charge on any atom is 0.125 e. The summed E-state index contributed by atoms with van der Waals surface area (Å²) < 4.78 is 7.05. The van der Waals surface area contributed by atoms with Gasteiger partial charge in [-0.05, 0) is 45.4 Å². The zero-order valence-corrected chi connectivity index (χ0v) is 12.6. The molecule has 0 saturated carbocycles. The van der Waals surface area contributed by atoms with Gasteiger partial charge >= 0.3 is 0 Å². The molecule has 2 unspecified atom stereocenters. The highest BCUT2D eigenvalue weighted by atomic mass is 79.9. The van der Waals surface area contributed by atoms with E-state index in [1.54, 1.807) is 0 Å². The Balaban J connectivity index is 2.01. The van der Waals surface area contributed by atoms with Gasteiger partial charge in [-0.3, -0.25) is 4.90 Å². The molecule has 2 nitrogen and oxygen atoms in total. The predicted octanol–water partition coefficient (Wildman–Crippen LogP) is 4.00. The van der Waals surface area contributed by atoms with Crippen LogP contribution in [0.15, 0.2) is 22.7 Å². The summed E-state index contributed by atoms with van der Waals surface area (Å²) in [5.41, 5.74) is 1.38. The number of fused-ring (bicyclic) bond motifs is 3. The molecule has 3 rings (SSSR count). The van der Waals surface area contributed by atoms with E-state index in [0.29, 0.717) is 18.0 Å². The van der Waals surface area contributed by atoms with Gasteiger partial charge < -0.3 is 4.74 Å². The molecule has 1 saturated heterocycles. The number of rotatable bonds is 1. The lowest BCUT2D eigenvalue weighted by Gasteiger charge is -2.46. The third kappa shape index (κ3) is 2.08. The van der Waals surface area contributed by atoms with Gasteiger partial charge in [0.05, 0.1) is 6.61 Å². The molecule has 1 aromatic carbocycles. The van der Waals surface area contributed by atoms with E-state index in [1.165, 1.54) is 24.9 Å². The van der Waals surface area contributed by atoms with Crippen molar-refractivity contribution >= 4 is 15.9 Å². The van der Waals surface area contributed by atoms with Gasteiger partial charge in [-0.25, -0.2) is 0 Å². The fraction of sp³-hybridized carbons (Fsp3) is 0.600. The van der Waals surface area contributed by atoms with E-state index in [4.69, 9.17) is 4.74 Å². The van der Waals surface area contributed by atoms with Crippen molar-refractivity contribution in [2.45, 2.75) is 38.8 Å². The van der Waals surface area contributed by atoms with Gasteiger partial charge in [0.2, 0.25) is 0 Å². The van der Waals surface area contributed by atoms with Gasteiger partial charge in [-0.15, -0.1) is 0 Å². The first kappa shape index (κ1) is 12.5. The summed E-state index contributed by atoms with van der Waals surface area (Å²) in [6.45, 7) is 6.69. The zero-order chi connectivity index (χ0) is 12.7. The Morgan fingerprint density at radius 2 is 2.22 bits per heavy atom. The molecule has 0 N–H and O–H groups in total. The lowest BCUT2D eigenvalue weighted by Crippen LogP contribution is -2.46. The van der Waals surface area contributed by atoms with Crippen LogP contribution in [-0.4, -0.2) is 24.1 Å². The van der Waals surface area contributed by atoms with Crippen LogP contribution in [0.2, 0.25) is 0 Å². The first-order chi connectivity index (χ1) is 8.66. The summed E-state index contributed by atoms with van der Waals surface area (Å²) in [5.74, 6) is 1.73. The van der Waals surface area contributed by atoms with Gasteiger partial charge in [-0.1, -0.05) is 22.0 Å². The Morgan fingerprint density at radius 3 is 3.00 bits per heavy atom. The lowest BCUT2D eigenvalue weighted by molar-refractivity contribution is 0.0223. The van der Waals surface area contributed by atoms with Gasteiger partial charge in [-0.2, -0.15) is 0 Å². The SMILES string of the molecule is CC(C)N1CCCC2COc3cc(Br)ccc3C21.